The van der Waals surface area contributed by atoms with Crippen LogP contribution in [0.25, 0.3) is 10.9 Å². The second-order valence-corrected chi connectivity index (χ2v) is 5.50. The maximum absolute atomic E-state index is 13.1. The van der Waals surface area contributed by atoms with Crippen LogP contribution < -0.4 is 5.32 Å². The number of aromatic amines is 1. The van der Waals surface area contributed by atoms with Crippen molar-refractivity contribution in [2.45, 2.75) is 6.10 Å². The summed E-state index contributed by atoms with van der Waals surface area (Å²) in [7, 11) is 0. The number of rotatable bonds is 4. The standard InChI is InChI=1S/C18H14FN5O/c19-12-7-5-11(6-8-12)16(25)18-21-14-4-2-1-3-13(14)17(23-18)22-15-9-10-20-24-15/h1-10,16,25H,(H2,20,21,22,23,24)/t16-/m0/s1. The van der Waals surface area contributed by atoms with Gasteiger partial charge in [-0.05, 0) is 29.8 Å². The summed E-state index contributed by atoms with van der Waals surface area (Å²) in [5.41, 5.74) is 1.21. The molecule has 25 heavy (non-hydrogen) atoms. The zero-order valence-corrected chi connectivity index (χ0v) is 13.0. The fraction of sp³-hybridized carbons (Fsp3) is 0.0556. The number of anilines is 2. The SMILES string of the molecule is O[C@@H](c1ccc(F)cc1)c1nc(Nc2ccn[nH]2)c2ccccc2n1. The molecule has 0 unspecified atom stereocenters. The van der Waals surface area contributed by atoms with Crippen LogP contribution in [0.15, 0.2) is 60.8 Å². The number of fused-ring (bicyclic) bond motifs is 1. The summed E-state index contributed by atoms with van der Waals surface area (Å²) in [6.07, 6.45) is 0.563. The lowest BCUT2D eigenvalue weighted by Gasteiger charge is -2.13. The lowest BCUT2D eigenvalue weighted by Crippen LogP contribution is -2.08. The van der Waals surface area contributed by atoms with Gasteiger partial charge in [0.15, 0.2) is 5.82 Å². The summed E-state index contributed by atoms with van der Waals surface area (Å²) in [5, 5.41) is 21.3. The molecule has 0 fully saturated rings. The van der Waals surface area contributed by atoms with Crippen LogP contribution >= 0.6 is 0 Å². The average Bonchev–Trinajstić information content (AvgIpc) is 3.15. The minimum Gasteiger partial charge on any atom is -0.380 e. The second kappa shape index (κ2) is 6.29. The molecule has 2 aromatic heterocycles. The molecule has 4 rings (SSSR count). The third-order valence-electron chi connectivity index (χ3n) is 3.80. The van der Waals surface area contributed by atoms with Gasteiger partial charge in [-0.3, -0.25) is 5.10 Å². The van der Waals surface area contributed by atoms with E-state index in [2.05, 4.69) is 25.5 Å². The molecule has 124 valence electrons. The van der Waals surface area contributed by atoms with Gasteiger partial charge in [0, 0.05) is 11.5 Å². The molecule has 4 aromatic rings. The van der Waals surface area contributed by atoms with Crippen LogP contribution in [0.2, 0.25) is 0 Å². The van der Waals surface area contributed by atoms with Crippen LogP contribution in [0.4, 0.5) is 16.0 Å². The van der Waals surface area contributed by atoms with Crippen molar-refractivity contribution in [3.05, 3.63) is 78.0 Å². The van der Waals surface area contributed by atoms with Crippen LogP contribution in [0.5, 0.6) is 0 Å². The number of nitrogens with zero attached hydrogens (tertiary/aromatic N) is 3. The minimum atomic E-state index is -1.06. The molecule has 0 amide bonds. The fourth-order valence-electron chi connectivity index (χ4n) is 2.56. The number of halogens is 1. The Labute approximate surface area is 142 Å². The molecule has 0 bridgehead atoms. The van der Waals surface area contributed by atoms with Crippen molar-refractivity contribution in [2.24, 2.45) is 0 Å². The minimum absolute atomic E-state index is 0.229. The van der Waals surface area contributed by atoms with E-state index in [1.54, 1.807) is 12.3 Å². The molecule has 1 atom stereocenters. The number of aliphatic hydroxyl groups is 1. The second-order valence-electron chi connectivity index (χ2n) is 5.50. The summed E-state index contributed by atoms with van der Waals surface area (Å²) in [6.45, 7) is 0. The molecule has 0 aliphatic carbocycles. The highest BCUT2D eigenvalue weighted by Gasteiger charge is 2.17. The van der Waals surface area contributed by atoms with Crippen LogP contribution in [-0.2, 0) is 0 Å². The van der Waals surface area contributed by atoms with Crippen LogP contribution in [0, 0.1) is 5.82 Å². The third-order valence-corrected chi connectivity index (χ3v) is 3.80. The highest BCUT2D eigenvalue weighted by atomic mass is 19.1. The van der Waals surface area contributed by atoms with Crippen molar-refractivity contribution in [1.82, 2.24) is 20.2 Å². The highest BCUT2D eigenvalue weighted by molar-refractivity contribution is 5.90. The number of H-pyrrole nitrogens is 1. The van der Waals surface area contributed by atoms with Crippen molar-refractivity contribution in [3.63, 3.8) is 0 Å². The average molecular weight is 335 g/mol. The van der Waals surface area contributed by atoms with Gasteiger partial charge in [0.25, 0.3) is 0 Å². The number of para-hydroxylation sites is 1. The van der Waals surface area contributed by atoms with E-state index in [-0.39, 0.29) is 11.6 Å². The van der Waals surface area contributed by atoms with Gasteiger partial charge in [-0.2, -0.15) is 5.10 Å². The zero-order valence-electron chi connectivity index (χ0n) is 13.0. The van der Waals surface area contributed by atoms with Gasteiger partial charge in [0.1, 0.15) is 23.6 Å². The number of nitrogens with one attached hydrogen (secondary N) is 2. The highest BCUT2D eigenvalue weighted by Crippen LogP contribution is 2.27. The Kier molecular flexibility index (Phi) is 3.83. The van der Waals surface area contributed by atoms with E-state index >= 15 is 0 Å². The zero-order chi connectivity index (χ0) is 17.2. The Bertz CT molecular complexity index is 1000. The summed E-state index contributed by atoms with van der Waals surface area (Å²) in [5.74, 6) is 1.08. The fourth-order valence-corrected chi connectivity index (χ4v) is 2.56. The Morgan fingerprint density at radius 2 is 1.80 bits per heavy atom. The first kappa shape index (κ1) is 15.2. The van der Waals surface area contributed by atoms with Crippen molar-refractivity contribution in [2.75, 3.05) is 5.32 Å². The lowest BCUT2D eigenvalue weighted by atomic mass is 10.1. The van der Waals surface area contributed by atoms with Crippen LogP contribution in [-0.4, -0.2) is 25.3 Å². The molecule has 6 nitrogen and oxygen atoms in total. The van der Waals surface area contributed by atoms with Gasteiger partial charge in [-0.25, -0.2) is 14.4 Å². The predicted molar refractivity (Wildman–Crippen MR) is 91.9 cm³/mol. The van der Waals surface area contributed by atoms with Gasteiger partial charge in [0.2, 0.25) is 0 Å². The summed E-state index contributed by atoms with van der Waals surface area (Å²) in [4.78, 5) is 8.90. The Morgan fingerprint density at radius 3 is 2.56 bits per heavy atom. The molecule has 2 heterocycles. The summed E-state index contributed by atoms with van der Waals surface area (Å²) >= 11 is 0. The number of aliphatic hydroxyl groups excluding tert-OH is 1. The van der Waals surface area contributed by atoms with E-state index in [1.807, 2.05) is 24.3 Å². The lowest BCUT2D eigenvalue weighted by molar-refractivity contribution is 0.210. The third kappa shape index (κ3) is 3.05. The topological polar surface area (TPSA) is 86.7 Å². The first-order chi connectivity index (χ1) is 12.2. The maximum atomic E-state index is 13.1. The van der Waals surface area contributed by atoms with Crippen LogP contribution in [0.1, 0.15) is 17.5 Å². The largest absolute Gasteiger partial charge is 0.380 e. The quantitative estimate of drug-likeness (QED) is 0.532. The van der Waals surface area contributed by atoms with E-state index in [9.17, 15) is 9.50 Å². The number of hydrogen-bond acceptors (Lipinski definition) is 5. The van der Waals surface area contributed by atoms with Gasteiger partial charge in [-0.1, -0.05) is 24.3 Å². The normalized spacial score (nSPS) is 12.2. The number of benzene rings is 2. The van der Waals surface area contributed by atoms with Crippen molar-refractivity contribution < 1.29 is 9.50 Å². The number of hydrogen-bond donors (Lipinski definition) is 3. The Hall–Kier alpha value is -3.32. The molecular weight excluding hydrogens is 321 g/mol. The predicted octanol–water partition coefficient (Wildman–Crippen LogP) is 3.32. The molecule has 7 heteroatoms. The van der Waals surface area contributed by atoms with Crippen molar-refractivity contribution in [3.8, 4) is 0 Å². The number of aromatic nitrogens is 4. The molecule has 3 N–H and O–H groups in total. The molecule has 0 saturated heterocycles. The monoisotopic (exact) mass is 335 g/mol. The Morgan fingerprint density at radius 1 is 1.00 bits per heavy atom. The van der Waals surface area contributed by atoms with E-state index < -0.39 is 6.10 Å². The molecule has 0 aliphatic rings. The first-order valence-electron chi connectivity index (χ1n) is 7.67. The van der Waals surface area contributed by atoms with Gasteiger partial charge < -0.3 is 10.4 Å². The van der Waals surface area contributed by atoms with E-state index in [0.29, 0.717) is 22.7 Å². The van der Waals surface area contributed by atoms with E-state index in [0.717, 1.165) is 5.39 Å². The molecule has 0 saturated carbocycles. The molecule has 2 aromatic carbocycles. The van der Waals surface area contributed by atoms with Crippen molar-refractivity contribution in [1.29, 1.82) is 0 Å². The van der Waals surface area contributed by atoms with Crippen LogP contribution in [0.3, 0.4) is 0 Å². The smallest absolute Gasteiger partial charge is 0.164 e. The van der Waals surface area contributed by atoms with Gasteiger partial charge in [0.05, 0.1) is 11.7 Å². The van der Waals surface area contributed by atoms with Crippen molar-refractivity contribution >= 4 is 22.5 Å². The van der Waals surface area contributed by atoms with Gasteiger partial charge in [-0.15, -0.1) is 0 Å². The van der Waals surface area contributed by atoms with E-state index in [4.69, 9.17) is 0 Å². The summed E-state index contributed by atoms with van der Waals surface area (Å²) < 4.78 is 13.1. The first-order valence-corrected chi connectivity index (χ1v) is 7.67. The molecule has 0 spiro atoms. The molecular formula is C18H14FN5O. The molecule has 0 aliphatic heterocycles. The summed E-state index contributed by atoms with van der Waals surface area (Å²) in [6, 6.07) is 14.9. The van der Waals surface area contributed by atoms with E-state index in [1.165, 1.54) is 24.3 Å². The Balaban J connectivity index is 1.80. The van der Waals surface area contributed by atoms with Gasteiger partial charge >= 0.3 is 0 Å². The molecule has 0 radical (unpaired) electrons. The maximum Gasteiger partial charge on any atom is 0.164 e.